The number of nitrogens with zero attached hydrogens (tertiary/aromatic N) is 1. The van der Waals surface area contributed by atoms with Crippen LogP contribution in [0.4, 0.5) is 0 Å². The maximum Gasteiger partial charge on any atom is 0.179 e. The van der Waals surface area contributed by atoms with Crippen LogP contribution in [-0.4, -0.2) is 29.4 Å². The van der Waals surface area contributed by atoms with Crippen LogP contribution in [0.15, 0.2) is 6.07 Å². The fraction of sp³-hybridized carbons (Fsp3) is 0.643. The Morgan fingerprint density at radius 2 is 2.28 bits per heavy atom. The summed E-state index contributed by atoms with van der Waals surface area (Å²) in [5.41, 5.74) is 2.81. The molecule has 2 rings (SSSR count). The van der Waals surface area contributed by atoms with Gasteiger partial charge in [-0.05, 0) is 39.7 Å². The average molecular weight is 270 g/mol. The number of halogens is 1. The predicted octanol–water partition coefficient (Wildman–Crippen LogP) is 3.05. The predicted molar refractivity (Wildman–Crippen MR) is 72.7 cm³/mol. The molecule has 3 nitrogen and oxygen atoms in total. The van der Waals surface area contributed by atoms with E-state index in [1.54, 1.807) is 0 Å². The van der Waals surface area contributed by atoms with E-state index >= 15 is 0 Å². The smallest absolute Gasteiger partial charge is 0.179 e. The van der Waals surface area contributed by atoms with Crippen LogP contribution in [0.2, 0.25) is 0 Å². The number of hydrogen-bond acceptors (Lipinski definition) is 2. The molecule has 0 aromatic carbocycles. The number of aryl methyl sites for hydroxylation is 1. The maximum atomic E-state index is 11.8. The van der Waals surface area contributed by atoms with Crippen LogP contribution in [0.3, 0.4) is 0 Å². The highest BCUT2D eigenvalue weighted by Gasteiger charge is 2.32. The molecule has 0 radical (unpaired) electrons. The first-order valence-corrected chi connectivity index (χ1v) is 6.89. The first-order chi connectivity index (χ1) is 8.49. The molecule has 0 spiro atoms. The van der Waals surface area contributed by atoms with E-state index < -0.39 is 0 Å². The van der Waals surface area contributed by atoms with Gasteiger partial charge in [-0.25, -0.2) is 0 Å². The average Bonchev–Trinajstić information content (AvgIpc) is 2.65. The Bertz CT molecular complexity index is 459. The molecule has 1 unspecified atom stereocenters. The Labute approximate surface area is 113 Å². The van der Waals surface area contributed by atoms with Crippen molar-refractivity contribution in [3.05, 3.63) is 23.0 Å². The van der Waals surface area contributed by atoms with Crippen molar-refractivity contribution in [3.8, 4) is 0 Å². The fourth-order valence-electron chi connectivity index (χ4n) is 3.04. The zero-order valence-corrected chi connectivity index (χ0v) is 12.0. The van der Waals surface area contributed by atoms with Gasteiger partial charge >= 0.3 is 0 Å². The van der Waals surface area contributed by atoms with E-state index in [0.717, 1.165) is 36.4 Å². The molecule has 2 heterocycles. The molecule has 4 heteroatoms. The van der Waals surface area contributed by atoms with Crippen LogP contribution >= 0.6 is 11.6 Å². The van der Waals surface area contributed by atoms with Crippen molar-refractivity contribution in [1.29, 1.82) is 0 Å². The first kappa shape index (κ1) is 13.6. The van der Waals surface area contributed by atoms with Gasteiger partial charge in [0, 0.05) is 23.6 Å². The van der Waals surface area contributed by atoms with Gasteiger partial charge in [0.15, 0.2) is 5.78 Å². The number of ether oxygens (including phenoxy) is 1. The van der Waals surface area contributed by atoms with Gasteiger partial charge in [0.2, 0.25) is 0 Å². The number of Topliss-reactive ketones (excluding diaryl/α,β-unsaturated/α-hetero) is 1. The molecule has 0 saturated carbocycles. The van der Waals surface area contributed by atoms with E-state index in [0.29, 0.717) is 6.61 Å². The number of carbonyl (C=O) groups is 1. The van der Waals surface area contributed by atoms with Crippen molar-refractivity contribution < 1.29 is 9.53 Å². The molecule has 100 valence electrons. The second-order valence-corrected chi connectivity index (χ2v) is 5.60. The lowest BCUT2D eigenvalue weighted by atomic mass is 9.94. The highest BCUT2D eigenvalue weighted by molar-refractivity contribution is 6.30. The van der Waals surface area contributed by atoms with Gasteiger partial charge in [0.25, 0.3) is 0 Å². The second-order valence-electron chi connectivity index (χ2n) is 5.33. The number of rotatable bonds is 3. The standard InChI is InChI=1S/C14H20ClNO2/c1-10-7-12(13(17)8-15)11(2)16(10)14(3)5-4-6-18-9-14/h7H,4-6,8-9H2,1-3H3. The lowest BCUT2D eigenvalue weighted by molar-refractivity contribution is 0.00792. The molecule has 1 atom stereocenters. The van der Waals surface area contributed by atoms with E-state index in [2.05, 4.69) is 11.5 Å². The van der Waals surface area contributed by atoms with Crippen molar-refractivity contribution in [2.75, 3.05) is 19.1 Å². The molecule has 1 aromatic heterocycles. The zero-order valence-electron chi connectivity index (χ0n) is 11.3. The van der Waals surface area contributed by atoms with Crippen LogP contribution in [-0.2, 0) is 10.3 Å². The summed E-state index contributed by atoms with van der Waals surface area (Å²) in [6, 6.07) is 1.94. The van der Waals surface area contributed by atoms with Crippen LogP contribution < -0.4 is 0 Å². The minimum atomic E-state index is -0.0444. The normalized spacial score (nSPS) is 24.2. The lowest BCUT2D eigenvalue weighted by Crippen LogP contribution is -2.40. The lowest BCUT2D eigenvalue weighted by Gasteiger charge is -2.37. The third-order valence-electron chi connectivity index (χ3n) is 3.81. The Kier molecular flexibility index (Phi) is 3.83. The molecule has 0 amide bonds. The number of alkyl halides is 1. The molecule has 1 fully saturated rings. The van der Waals surface area contributed by atoms with Crippen LogP contribution in [0.1, 0.15) is 41.5 Å². The van der Waals surface area contributed by atoms with Crippen LogP contribution in [0.5, 0.6) is 0 Å². The molecule has 1 aromatic rings. The van der Waals surface area contributed by atoms with E-state index in [1.165, 1.54) is 0 Å². The van der Waals surface area contributed by atoms with Gasteiger partial charge in [-0.3, -0.25) is 4.79 Å². The van der Waals surface area contributed by atoms with Gasteiger partial charge in [0.1, 0.15) is 0 Å². The van der Waals surface area contributed by atoms with Gasteiger partial charge < -0.3 is 9.30 Å². The Morgan fingerprint density at radius 3 is 2.83 bits per heavy atom. The molecule has 18 heavy (non-hydrogen) atoms. The van der Waals surface area contributed by atoms with E-state index in [-0.39, 0.29) is 17.2 Å². The third-order valence-corrected chi connectivity index (χ3v) is 4.05. The van der Waals surface area contributed by atoms with Crippen LogP contribution in [0.25, 0.3) is 0 Å². The number of aromatic nitrogens is 1. The highest BCUT2D eigenvalue weighted by atomic mass is 35.5. The Hall–Kier alpha value is -0.800. The minimum absolute atomic E-state index is 0.00338. The fourth-order valence-corrected chi connectivity index (χ4v) is 3.19. The van der Waals surface area contributed by atoms with Crippen molar-refractivity contribution in [2.45, 2.75) is 39.2 Å². The molecular formula is C14H20ClNO2. The van der Waals surface area contributed by atoms with Crippen molar-refractivity contribution >= 4 is 17.4 Å². The summed E-state index contributed by atoms with van der Waals surface area (Å²) in [6.07, 6.45) is 2.14. The number of carbonyl (C=O) groups excluding carboxylic acids is 1. The van der Waals surface area contributed by atoms with Gasteiger partial charge in [0.05, 0.1) is 18.0 Å². The van der Waals surface area contributed by atoms with Crippen molar-refractivity contribution in [2.24, 2.45) is 0 Å². The molecule has 1 aliphatic rings. The molecule has 1 saturated heterocycles. The zero-order chi connectivity index (χ0) is 13.3. The molecular weight excluding hydrogens is 250 g/mol. The molecule has 1 aliphatic heterocycles. The van der Waals surface area contributed by atoms with E-state index in [4.69, 9.17) is 16.3 Å². The van der Waals surface area contributed by atoms with Crippen LogP contribution in [0, 0.1) is 13.8 Å². The Morgan fingerprint density at radius 1 is 1.56 bits per heavy atom. The van der Waals surface area contributed by atoms with Crippen molar-refractivity contribution in [3.63, 3.8) is 0 Å². The van der Waals surface area contributed by atoms with Gasteiger partial charge in [-0.2, -0.15) is 0 Å². The number of hydrogen-bond donors (Lipinski definition) is 0. The third kappa shape index (κ3) is 2.21. The molecule has 0 N–H and O–H groups in total. The largest absolute Gasteiger partial charge is 0.379 e. The minimum Gasteiger partial charge on any atom is -0.379 e. The summed E-state index contributed by atoms with van der Waals surface area (Å²) in [5, 5.41) is 0. The summed E-state index contributed by atoms with van der Waals surface area (Å²) < 4.78 is 7.86. The SMILES string of the molecule is Cc1cc(C(=O)CCl)c(C)n1C1(C)CCCOC1. The van der Waals surface area contributed by atoms with Crippen molar-refractivity contribution in [1.82, 2.24) is 4.57 Å². The Balaban J connectivity index is 2.44. The molecule has 0 aliphatic carbocycles. The van der Waals surface area contributed by atoms with E-state index in [1.807, 2.05) is 19.9 Å². The summed E-state index contributed by atoms with van der Waals surface area (Å²) in [7, 11) is 0. The monoisotopic (exact) mass is 269 g/mol. The summed E-state index contributed by atoms with van der Waals surface area (Å²) in [5.74, 6) is 0.0358. The summed E-state index contributed by atoms with van der Waals surface area (Å²) in [6.45, 7) is 7.77. The topological polar surface area (TPSA) is 31.2 Å². The summed E-state index contributed by atoms with van der Waals surface area (Å²) >= 11 is 5.66. The quantitative estimate of drug-likeness (QED) is 0.624. The van der Waals surface area contributed by atoms with Gasteiger partial charge in [-0.15, -0.1) is 11.6 Å². The highest BCUT2D eigenvalue weighted by Crippen LogP contribution is 2.32. The molecule has 0 bridgehead atoms. The first-order valence-electron chi connectivity index (χ1n) is 6.36. The second kappa shape index (κ2) is 5.06. The maximum absolute atomic E-state index is 11.8. The number of ketones is 1. The summed E-state index contributed by atoms with van der Waals surface area (Å²) in [4.78, 5) is 11.8. The van der Waals surface area contributed by atoms with Gasteiger partial charge in [-0.1, -0.05) is 0 Å². The van der Waals surface area contributed by atoms with E-state index in [9.17, 15) is 4.79 Å².